The molecular weight excluding hydrogens is 438 g/mol. The molecule has 0 aliphatic carbocycles. The molecule has 1 aliphatic heterocycles. The van der Waals surface area contributed by atoms with Crippen molar-refractivity contribution in [2.75, 3.05) is 31.6 Å². The van der Waals surface area contributed by atoms with Gasteiger partial charge in [-0.1, -0.05) is 6.07 Å². The Morgan fingerprint density at radius 1 is 1.12 bits per heavy atom. The highest BCUT2D eigenvalue weighted by Crippen LogP contribution is 2.32. The van der Waals surface area contributed by atoms with Crippen LogP contribution in [0.15, 0.2) is 66.0 Å². The lowest BCUT2D eigenvalue weighted by Crippen LogP contribution is -2.40. The molecule has 11 nitrogen and oxygen atoms in total. The molecule has 32 heavy (non-hydrogen) atoms. The highest BCUT2D eigenvalue weighted by atomic mass is 32.2. The third kappa shape index (κ3) is 4.82. The first-order valence-corrected chi connectivity index (χ1v) is 11.0. The van der Waals surface area contributed by atoms with Crippen molar-refractivity contribution in [1.29, 1.82) is 0 Å². The van der Waals surface area contributed by atoms with E-state index < -0.39 is 14.9 Å². The maximum Gasteiger partial charge on any atom is 0.294 e. The topological polar surface area (TPSA) is 137 Å². The molecule has 1 aliphatic rings. The fourth-order valence-electron chi connectivity index (χ4n) is 3.12. The van der Waals surface area contributed by atoms with Crippen LogP contribution in [-0.4, -0.2) is 53.9 Å². The van der Waals surface area contributed by atoms with Gasteiger partial charge in [-0.15, -0.1) is 0 Å². The Hall–Kier alpha value is -3.61. The minimum absolute atomic E-state index is 0.142. The van der Waals surface area contributed by atoms with Crippen LogP contribution >= 0.6 is 0 Å². The lowest BCUT2D eigenvalue weighted by Gasteiger charge is -2.26. The summed E-state index contributed by atoms with van der Waals surface area (Å²) in [6, 6.07) is 10.5. The first-order valence-electron chi connectivity index (χ1n) is 9.61. The number of hydrogen-bond donors (Lipinski definition) is 1. The number of aromatic nitrogens is 2. The second kappa shape index (κ2) is 9.26. The van der Waals surface area contributed by atoms with Gasteiger partial charge in [0.15, 0.2) is 0 Å². The number of morpholine rings is 1. The first kappa shape index (κ1) is 21.6. The van der Waals surface area contributed by atoms with Crippen LogP contribution in [-0.2, 0) is 14.8 Å². The SMILES string of the molecule is O=[N+]([O-])c1cc(S(=O)(=O)N2CCOCC2)ccc1Nc1cccc(Oc2cnccn2)c1. The van der Waals surface area contributed by atoms with Crippen LogP contribution < -0.4 is 10.1 Å². The molecule has 0 atom stereocenters. The molecule has 1 N–H and O–H groups in total. The number of nitro groups is 1. The van der Waals surface area contributed by atoms with E-state index in [4.69, 9.17) is 9.47 Å². The molecule has 12 heteroatoms. The highest BCUT2D eigenvalue weighted by molar-refractivity contribution is 7.89. The van der Waals surface area contributed by atoms with Crippen molar-refractivity contribution in [3.05, 3.63) is 71.2 Å². The van der Waals surface area contributed by atoms with Crippen LogP contribution in [0, 0.1) is 10.1 Å². The monoisotopic (exact) mass is 457 g/mol. The lowest BCUT2D eigenvalue weighted by atomic mass is 10.2. The van der Waals surface area contributed by atoms with Gasteiger partial charge in [0.2, 0.25) is 15.9 Å². The van der Waals surface area contributed by atoms with Crippen molar-refractivity contribution in [2.24, 2.45) is 0 Å². The summed E-state index contributed by atoms with van der Waals surface area (Å²) in [6.07, 6.45) is 4.47. The van der Waals surface area contributed by atoms with E-state index in [0.717, 1.165) is 6.07 Å². The van der Waals surface area contributed by atoms with E-state index in [-0.39, 0.29) is 42.6 Å². The summed E-state index contributed by atoms with van der Waals surface area (Å²) in [5.74, 6) is 0.748. The number of benzene rings is 2. The van der Waals surface area contributed by atoms with E-state index in [1.807, 2.05) is 0 Å². The lowest BCUT2D eigenvalue weighted by molar-refractivity contribution is -0.384. The number of nitrogens with one attached hydrogen (secondary N) is 1. The van der Waals surface area contributed by atoms with Gasteiger partial charge in [0.25, 0.3) is 5.69 Å². The third-order valence-electron chi connectivity index (χ3n) is 4.65. The van der Waals surface area contributed by atoms with Crippen LogP contribution in [0.5, 0.6) is 11.6 Å². The van der Waals surface area contributed by atoms with Crippen LogP contribution in [0.1, 0.15) is 0 Å². The van der Waals surface area contributed by atoms with Gasteiger partial charge in [0, 0.05) is 43.3 Å². The fraction of sp³-hybridized carbons (Fsp3) is 0.200. The van der Waals surface area contributed by atoms with Crippen molar-refractivity contribution < 1.29 is 22.8 Å². The number of anilines is 2. The Balaban J connectivity index is 1.59. The summed E-state index contributed by atoms with van der Waals surface area (Å²) in [4.78, 5) is 18.9. The van der Waals surface area contributed by atoms with E-state index >= 15 is 0 Å². The zero-order valence-corrected chi connectivity index (χ0v) is 17.6. The summed E-state index contributed by atoms with van der Waals surface area (Å²) in [7, 11) is -3.86. The Labute approximate surface area is 183 Å². The Morgan fingerprint density at radius 2 is 1.94 bits per heavy atom. The summed E-state index contributed by atoms with van der Waals surface area (Å²) in [5.41, 5.74) is 0.297. The average Bonchev–Trinajstić information content (AvgIpc) is 2.80. The third-order valence-corrected chi connectivity index (χ3v) is 6.54. The van der Waals surface area contributed by atoms with Gasteiger partial charge in [-0.25, -0.2) is 13.4 Å². The van der Waals surface area contributed by atoms with Gasteiger partial charge in [0.1, 0.15) is 11.4 Å². The predicted octanol–water partition coefficient (Wildman–Crippen LogP) is 2.94. The van der Waals surface area contributed by atoms with Crippen molar-refractivity contribution in [3.8, 4) is 11.6 Å². The largest absolute Gasteiger partial charge is 0.437 e. The zero-order valence-electron chi connectivity index (χ0n) is 16.7. The molecule has 1 saturated heterocycles. The molecule has 0 bridgehead atoms. The van der Waals surface area contributed by atoms with Crippen molar-refractivity contribution in [3.63, 3.8) is 0 Å². The van der Waals surface area contributed by atoms with Crippen molar-refractivity contribution in [1.82, 2.24) is 14.3 Å². The number of ether oxygens (including phenoxy) is 2. The second-order valence-corrected chi connectivity index (χ2v) is 8.69. The van der Waals surface area contributed by atoms with Gasteiger partial charge in [-0.3, -0.25) is 15.1 Å². The Kier molecular flexibility index (Phi) is 6.25. The molecule has 0 radical (unpaired) electrons. The minimum atomic E-state index is -3.86. The van der Waals surface area contributed by atoms with Gasteiger partial charge >= 0.3 is 0 Å². The standard InChI is InChI=1S/C20H19N5O6S/c26-25(27)19-13-17(32(28,29)24-8-10-30-11-9-24)4-5-18(19)23-15-2-1-3-16(12-15)31-20-14-21-6-7-22-20/h1-7,12-14,23H,8-11H2. The smallest absolute Gasteiger partial charge is 0.294 e. The van der Waals surface area contributed by atoms with Gasteiger partial charge in [0.05, 0.1) is 29.2 Å². The summed E-state index contributed by atoms with van der Waals surface area (Å²) in [6.45, 7) is 0.977. The highest BCUT2D eigenvalue weighted by Gasteiger charge is 2.29. The van der Waals surface area contributed by atoms with E-state index in [2.05, 4.69) is 15.3 Å². The normalized spacial score (nSPS) is 14.6. The number of nitro benzene ring substituents is 1. The van der Waals surface area contributed by atoms with E-state index in [9.17, 15) is 18.5 Å². The molecule has 2 aromatic carbocycles. The molecule has 1 fully saturated rings. The maximum atomic E-state index is 12.8. The molecule has 3 aromatic rings. The number of sulfonamides is 1. The van der Waals surface area contributed by atoms with Crippen LogP contribution in [0.2, 0.25) is 0 Å². The van der Waals surface area contributed by atoms with Crippen LogP contribution in [0.25, 0.3) is 0 Å². The summed E-state index contributed by atoms with van der Waals surface area (Å²) < 4.78 is 37.8. The average molecular weight is 457 g/mol. The molecule has 0 amide bonds. The molecule has 166 valence electrons. The maximum absolute atomic E-state index is 12.8. The second-order valence-electron chi connectivity index (χ2n) is 6.75. The summed E-state index contributed by atoms with van der Waals surface area (Å²) >= 11 is 0. The van der Waals surface area contributed by atoms with Gasteiger partial charge in [-0.05, 0) is 24.3 Å². The molecular formula is C20H19N5O6S. The molecule has 0 unspecified atom stereocenters. The molecule has 4 rings (SSSR count). The molecule has 2 heterocycles. The van der Waals surface area contributed by atoms with Gasteiger partial charge < -0.3 is 14.8 Å². The Morgan fingerprint density at radius 3 is 2.66 bits per heavy atom. The zero-order chi connectivity index (χ0) is 22.6. The van der Waals surface area contributed by atoms with E-state index in [1.165, 1.54) is 35.0 Å². The number of hydrogen-bond acceptors (Lipinski definition) is 9. The van der Waals surface area contributed by atoms with Crippen molar-refractivity contribution in [2.45, 2.75) is 4.90 Å². The Bertz CT molecular complexity index is 1220. The predicted molar refractivity (Wildman–Crippen MR) is 115 cm³/mol. The van der Waals surface area contributed by atoms with E-state index in [1.54, 1.807) is 24.3 Å². The van der Waals surface area contributed by atoms with E-state index in [0.29, 0.717) is 17.3 Å². The van der Waals surface area contributed by atoms with Crippen LogP contribution in [0.4, 0.5) is 17.1 Å². The minimum Gasteiger partial charge on any atom is -0.437 e. The molecule has 0 saturated carbocycles. The number of rotatable bonds is 7. The van der Waals surface area contributed by atoms with Crippen molar-refractivity contribution >= 4 is 27.1 Å². The molecule has 1 aromatic heterocycles. The van der Waals surface area contributed by atoms with Gasteiger partial charge in [-0.2, -0.15) is 4.31 Å². The number of nitrogens with zero attached hydrogens (tertiary/aromatic N) is 4. The first-order chi connectivity index (χ1) is 15.4. The summed E-state index contributed by atoms with van der Waals surface area (Å²) in [5, 5.41) is 14.6. The van der Waals surface area contributed by atoms with Crippen LogP contribution in [0.3, 0.4) is 0 Å². The fourth-order valence-corrected chi connectivity index (χ4v) is 4.54. The quantitative estimate of drug-likeness (QED) is 0.419. The molecule has 0 spiro atoms.